The van der Waals surface area contributed by atoms with E-state index in [1.54, 1.807) is 9.10 Å². The number of hydrogen-bond donors (Lipinski definition) is 0. The van der Waals surface area contributed by atoms with Crippen LogP contribution in [0.15, 0.2) is 0 Å². The van der Waals surface area contributed by atoms with E-state index >= 15 is 0 Å². The minimum atomic E-state index is 0.389. The molecule has 15 heavy (non-hydrogen) atoms. The van der Waals surface area contributed by atoms with Gasteiger partial charge in [-0.1, -0.05) is 78.1 Å². The molecule has 1 saturated carbocycles. The first-order valence-electron chi connectivity index (χ1n) is 7.41. The Morgan fingerprint density at radius 2 is 1.00 bits per heavy atom. The average Bonchev–Trinajstić information content (AvgIpc) is 2.32. The first-order valence-corrected chi connectivity index (χ1v) is 9.41. The summed E-state index contributed by atoms with van der Waals surface area (Å²) < 4.78 is 3.19. The third-order valence-electron chi connectivity index (χ3n) is 3.21. The molecular weight excluding hydrogens is 192 g/mol. The molecule has 0 aromatic carbocycles. The molecule has 0 atom stereocenters. The molecule has 0 spiro atoms. The molecule has 0 aliphatic heterocycles. The van der Waals surface area contributed by atoms with Crippen LogP contribution in [0.2, 0.25) is 9.10 Å². The topological polar surface area (TPSA) is 0 Å². The van der Waals surface area contributed by atoms with Gasteiger partial charge in [-0.15, -0.1) is 9.10 Å². The van der Waals surface area contributed by atoms with Gasteiger partial charge in [-0.2, -0.15) is 0 Å². The Balaban J connectivity index is 0.000000280. The lowest BCUT2D eigenvalue weighted by Crippen LogP contribution is -1.87. The van der Waals surface area contributed by atoms with E-state index in [1.807, 2.05) is 0 Å². The van der Waals surface area contributed by atoms with Crippen molar-refractivity contribution in [2.75, 3.05) is 0 Å². The van der Waals surface area contributed by atoms with Crippen LogP contribution in [-0.2, 0) is 0 Å². The van der Waals surface area contributed by atoms with E-state index in [9.17, 15) is 0 Å². The van der Waals surface area contributed by atoms with E-state index in [2.05, 4.69) is 13.8 Å². The second-order valence-electron chi connectivity index (χ2n) is 4.89. The number of hydrogen-bond acceptors (Lipinski definition) is 0. The second kappa shape index (κ2) is 14.8. The predicted octanol–water partition coefficient (Wildman–Crippen LogP) is 5.47. The second-order valence-corrected chi connectivity index (χ2v) is 7.01. The lowest BCUT2D eigenvalue weighted by molar-refractivity contribution is 0.504. The summed E-state index contributed by atoms with van der Waals surface area (Å²) in [6.07, 6.45) is 14.8. The Bertz CT molecular complexity index is 80.0. The molecule has 1 aliphatic carbocycles. The van der Waals surface area contributed by atoms with Crippen molar-refractivity contribution < 1.29 is 0 Å². The molecular formula is C14H30Mg. The quantitative estimate of drug-likeness (QED) is 0.413. The fourth-order valence-corrected chi connectivity index (χ4v) is 4.15. The van der Waals surface area contributed by atoms with Gasteiger partial charge < -0.3 is 0 Å². The molecule has 0 heterocycles. The normalized spacial score (nSPS) is 15.1. The molecule has 0 aromatic heterocycles. The van der Waals surface area contributed by atoms with Crippen LogP contribution in [0, 0.1) is 0 Å². The minimum absolute atomic E-state index is 0.389. The molecule has 0 N–H and O–H groups in total. The van der Waals surface area contributed by atoms with Gasteiger partial charge in [0.1, 0.15) is 0 Å². The summed E-state index contributed by atoms with van der Waals surface area (Å²) in [4.78, 5) is 0. The fraction of sp³-hybridized carbons (Fsp3) is 1.00. The third-order valence-corrected chi connectivity index (χ3v) is 5.21. The molecule has 1 fully saturated rings. The van der Waals surface area contributed by atoms with Gasteiger partial charge in [0, 0.05) is 0 Å². The van der Waals surface area contributed by atoms with Crippen molar-refractivity contribution in [2.45, 2.75) is 87.2 Å². The van der Waals surface area contributed by atoms with Crippen molar-refractivity contribution in [3.8, 4) is 0 Å². The van der Waals surface area contributed by atoms with Gasteiger partial charge in [0.15, 0.2) is 0 Å². The van der Waals surface area contributed by atoms with Gasteiger partial charge in [0.2, 0.25) is 0 Å². The molecule has 1 aliphatic rings. The largest absolute Gasteiger partial charge is 0.364 e. The monoisotopic (exact) mass is 222 g/mol. The fourth-order valence-electron chi connectivity index (χ4n) is 2.09. The third kappa shape index (κ3) is 14.8. The Labute approximate surface area is 107 Å². The number of rotatable bonds is 6. The first kappa shape index (κ1) is 15.8. The molecule has 0 nitrogen and oxygen atoms in total. The molecule has 0 radical (unpaired) electrons. The van der Waals surface area contributed by atoms with Gasteiger partial charge in [0.25, 0.3) is 0 Å². The summed E-state index contributed by atoms with van der Waals surface area (Å²) in [6.45, 7) is 4.57. The summed E-state index contributed by atoms with van der Waals surface area (Å²) in [5.41, 5.74) is 0. The van der Waals surface area contributed by atoms with E-state index in [-0.39, 0.29) is 0 Å². The summed E-state index contributed by atoms with van der Waals surface area (Å²) in [5, 5.41) is 0. The summed E-state index contributed by atoms with van der Waals surface area (Å²) in [5.74, 6) is 0. The Morgan fingerprint density at radius 1 is 0.667 bits per heavy atom. The first-order chi connectivity index (χ1) is 7.41. The zero-order chi connectivity index (χ0) is 11.2. The van der Waals surface area contributed by atoms with E-state index in [1.165, 1.54) is 64.2 Å². The zero-order valence-electron chi connectivity index (χ0n) is 11.2. The zero-order valence-corrected chi connectivity index (χ0v) is 12.6. The Kier molecular flexibility index (Phi) is 15.5. The molecule has 88 valence electrons. The smallest absolute Gasteiger partial charge is 0.146 e. The predicted molar refractivity (Wildman–Crippen MR) is 72.9 cm³/mol. The van der Waals surface area contributed by atoms with Crippen LogP contribution in [0.1, 0.15) is 78.1 Å². The number of unbranched alkanes of at least 4 members (excludes halogenated alkanes) is 2. The molecule has 0 aromatic rings. The van der Waals surface area contributed by atoms with Crippen molar-refractivity contribution in [3.05, 3.63) is 0 Å². The highest BCUT2D eigenvalue weighted by atomic mass is 24.5. The van der Waals surface area contributed by atoms with Crippen LogP contribution >= 0.6 is 0 Å². The maximum atomic E-state index is 2.29. The van der Waals surface area contributed by atoms with Crippen molar-refractivity contribution in [1.82, 2.24) is 0 Å². The lowest BCUT2D eigenvalue weighted by atomic mass is 10.0. The highest BCUT2D eigenvalue weighted by Gasteiger charge is 1.95. The van der Waals surface area contributed by atoms with Crippen molar-refractivity contribution in [2.24, 2.45) is 0 Å². The molecule has 0 bridgehead atoms. The van der Waals surface area contributed by atoms with Gasteiger partial charge in [-0.25, -0.2) is 0 Å². The van der Waals surface area contributed by atoms with Crippen molar-refractivity contribution in [3.63, 3.8) is 0 Å². The van der Waals surface area contributed by atoms with E-state index in [0.717, 1.165) is 0 Å². The molecule has 0 saturated heterocycles. The van der Waals surface area contributed by atoms with Crippen molar-refractivity contribution in [1.29, 1.82) is 0 Å². The summed E-state index contributed by atoms with van der Waals surface area (Å²) >= 11 is 0.389. The van der Waals surface area contributed by atoms with Crippen LogP contribution in [-0.4, -0.2) is 20.4 Å². The maximum absolute atomic E-state index is 2.29. The van der Waals surface area contributed by atoms with Gasteiger partial charge in [-0.3, -0.25) is 0 Å². The van der Waals surface area contributed by atoms with Crippen molar-refractivity contribution >= 4 is 20.4 Å². The molecule has 1 rings (SSSR count). The van der Waals surface area contributed by atoms with Crippen LogP contribution in [0.3, 0.4) is 0 Å². The SMILES string of the molecule is C1CCCCC1.CCC[CH2][Mg][CH2]CCC. The van der Waals surface area contributed by atoms with Gasteiger partial charge in [-0.05, 0) is 0 Å². The summed E-state index contributed by atoms with van der Waals surface area (Å²) in [6, 6.07) is 0. The molecule has 0 unspecified atom stereocenters. The van der Waals surface area contributed by atoms with E-state index in [0.29, 0.717) is 20.4 Å². The van der Waals surface area contributed by atoms with Gasteiger partial charge >= 0.3 is 20.4 Å². The standard InChI is InChI=1S/C6H12.2C4H9.Mg/c1-2-4-6-5-3-1;2*1-3-4-2;/h1-6H2;2*1,3-4H2,2H3;. The lowest BCUT2D eigenvalue weighted by Gasteiger charge is -2.05. The van der Waals surface area contributed by atoms with Crippen LogP contribution in [0.5, 0.6) is 0 Å². The average molecular weight is 223 g/mol. The minimum Gasteiger partial charge on any atom is -0.146 e. The molecule has 0 amide bonds. The van der Waals surface area contributed by atoms with Gasteiger partial charge in [0.05, 0.1) is 0 Å². The van der Waals surface area contributed by atoms with Crippen LogP contribution in [0.4, 0.5) is 0 Å². The molecule has 1 heteroatoms. The Morgan fingerprint density at radius 3 is 1.27 bits per heavy atom. The maximum Gasteiger partial charge on any atom is 0.364 e. The van der Waals surface area contributed by atoms with Crippen LogP contribution < -0.4 is 0 Å². The van der Waals surface area contributed by atoms with Crippen LogP contribution in [0.25, 0.3) is 0 Å². The highest BCUT2D eigenvalue weighted by molar-refractivity contribution is 6.35. The van der Waals surface area contributed by atoms with E-state index < -0.39 is 0 Å². The Hall–Kier alpha value is 0.766. The summed E-state index contributed by atoms with van der Waals surface area (Å²) in [7, 11) is 0. The highest BCUT2D eigenvalue weighted by Crippen LogP contribution is 2.15. The van der Waals surface area contributed by atoms with E-state index in [4.69, 9.17) is 0 Å².